The molecule has 0 aliphatic rings. The van der Waals surface area contributed by atoms with E-state index in [9.17, 15) is 4.79 Å². The number of carbonyl (C=O) groups excluding carboxylic acids is 1. The highest BCUT2D eigenvalue weighted by Crippen LogP contribution is 2.19. The van der Waals surface area contributed by atoms with Crippen LogP contribution in [0.15, 0.2) is 53.4 Å². The largest absolute Gasteiger partial charge is 0.399 e. The average molecular weight is 272 g/mol. The number of benzene rings is 2. The van der Waals surface area contributed by atoms with E-state index in [1.807, 2.05) is 54.8 Å². The summed E-state index contributed by atoms with van der Waals surface area (Å²) < 4.78 is 0. The van der Waals surface area contributed by atoms with Crippen molar-refractivity contribution in [3.05, 3.63) is 54.1 Å². The van der Waals surface area contributed by atoms with Gasteiger partial charge in [-0.25, -0.2) is 0 Å². The van der Waals surface area contributed by atoms with Crippen LogP contribution in [-0.2, 0) is 11.2 Å². The Kier molecular flexibility index (Phi) is 4.47. The molecule has 2 rings (SSSR count). The summed E-state index contributed by atoms with van der Waals surface area (Å²) in [5.74, 6) is -0.0381. The molecule has 0 bridgehead atoms. The molecule has 2 aromatic carbocycles. The van der Waals surface area contributed by atoms with E-state index in [2.05, 4.69) is 5.32 Å². The van der Waals surface area contributed by atoms with E-state index >= 15 is 0 Å². The number of thioether (sulfide) groups is 1. The molecule has 3 nitrogen and oxygen atoms in total. The summed E-state index contributed by atoms with van der Waals surface area (Å²) in [5.41, 5.74) is 8.10. The van der Waals surface area contributed by atoms with Crippen LogP contribution in [0, 0.1) is 0 Å². The molecule has 3 N–H and O–H groups in total. The van der Waals surface area contributed by atoms with Crippen LogP contribution in [0.3, 0.4) is 0 Å². The molecule has 0 fully saturated rings. The fraction of sp³-hybridized carbons (Fsp3) is 0.133. The Morgan fingerprint density at radius 1 is 1.21 bits per heavy atom. The second kappa shape index (κ2) is 6.29. The Balaban J connectivity index is 2.01. The first kappa shape index (κ1) is 13.5. The van der Waals surface area contributed by atoms with E-state index in [1.165, 1.54) is 0 Å². The number of carbonyl (C=O) groups is 1. The summed E-state index contributed by atoms with van der Waals surface area (Å²) >= 11 is 1.65. The maximum absolute atomic E-state index is 11.9. The Hall–Kier alpha value is -1.94. The van der Waals surface area contributed by atoms with Crippen molar-refractivity contribution in [2.24, 2.45) is 0 Å². The highest BCUT2D eigenvalue weighted by atomic mass is 32.2. The molecule has 0 atom stereocenters. The summed E-state index contributed by atoms with van der Waals surface area (Å²) in [5, 5.41) is 2.89. The van der Waals surface area contributed by atoms with Gasteiger partial charge in [-0.2, -0.15) is 0 Å². The third kappa shape index (κ3) is 4.03. The summed E-state index contributed by atoms with van der Waals surface area (Å²) in [6.45, 7) is 0. The van der Waals surface area contributed by atoms with Gasteiger partial charge in [-0.15, -0.1) is 11.8 Å². The smallest absolute Gasteiger partial charge is 0.228 e. The molecule has 0 radical (unpaired) electrons. The maximum atomic E-state index is 11.9. The van der Waals surface area contributed by atoms with Gasteiger partial charge in [0.2, 0.25) is 5.91 Å². The lowest BCUT2D eigenvalue weighted by Gasteiger charge is -2.07. The standard InChI is InChI=1S/C15H16N2OS/c1-19-14-7-3-6-13(10-14)17-15(18)9-11-4-2-5-12(16)8-11/h2-8,10H,9,16H2,1H3,(H,17,18). The highest BCUT2D eigenvalue weighted by molar-refractivity contribution is 7.98. The lowest BCUT2D eigenvalue weighted by atomic mass is 10.1. The predicted molar refractivity (Wildman–Crippen MR) is 81.4 cm³/mol. The number of amides is 1. The fourth-order valence-electron chi connectivity index (χ4n) is 1.79. The zero-order valence-electron chi connectivity index (χ0n) is 10.7. The molecule has 19 heavy (non-hydrogen) atoms. The second-order valence-corrected chi connectivity index (χ2v) is 5.08. The third-order valence-corrected chi connectivity index (χ3v) is 3.39. The number of rotatable bonds is 4. The first-order valence-electron chi connectivity index (χ1n) is 5.96. The van der Waals surface area contributed by atoms with Gasteiger partial charge in [0.25, 0.3) is 0 Å². The van der Waals surface area contributed by atoms with Gasteiger partial charge in [0, 0.05) is 16.3 Å². The summed E-state index contributed by atoms with van der Waals surface area (Å²) in [6.07, 6.45) is 2.34. The number of hydrogen-bond acceptors (Lipinski definition) is 3. The maximum Gasteiger partial charge on any atom is 0.228 e. The van der Waals surface area contributed by atoms with Gasteiger partial charge in [0.15, 0.2) is 0 Å². The number of nitrogens with one attached hydrogen (secondary N) is 1. The molecule has 4 heteroatoms. The lowest BCUT2D eigenvalue weighted by Crippen LogP contribution is -2.14. The van der Waals surface area contributed by atoms with Crippen LogP contribution in [-0.4, -0.2) is 12.2 Å². The molecular weight excluding hydrogens is 256 g/mol. The zero-order chi connectivity index (χ0) is 13.7. The van der Waals surface area contributed by atoms with Crippen molar-refractivity contribution in [1.82, 2.24) is 0 Å². The quantitative estimate of drug-likeness (QED) is 0.664. The lowest BCUT2D eigenvalue weighted by molar-refractivity contribution is -0.115. The van der Waals surface area contributed by atoms with Gasteiger partial charge in [0.05, 0.1) is 6.42 Å². The van der Waals surface area contributed by atoms with E-state index in [-0.39, 0.29) is 5.91 Å². The van der Waals surface area contributed by atoms with E-state index < -0.39 is 0 Å². The Morgan fingerprint density at radius 2 is 2.00 bits per heavy atom. The van der Waals surface area contributed by atoms with Crippen LogP contribution < -0.4 is 11.1 Å². The zero-order valence-corrected chi connectivity index (χ0v) is 11.5. The van der Waals surface area contributed by atoms with Crippen molar-refractivity contribution in [3.8, 4) is 0 Å². The monoisotopic (exact) mass is 272 g/mol. The predicted octanol–water partition coefficient (Wildman–Crippen LogP) is 3.17. The molecule has 0 saturated carbocycles. The van der Waals surface area contributed by atoms with Crippen molar-refractivity contribution in [2.75, 3.05) is 17.3 Å². The second-order valence-electron chi connectivity index (χ2n) is 4.20. The molecule has 98 valence electrons. The summed E-state index contributed by atoms with van der Waals surface area (Å²) in [6, 6.07) is 15.2. The molecule has 0 heterocycles. The van der Waals surface area contributed by atoms with Crippen LogP contribution in [0.5, 0.6) is 0 Å². The van der Waals surface area contributed by atoms with Crippen molar-refractivity contribution in [2.45, 2.75) is 11.3 Å². The Bertz CT molecular complexity index is 584. The molecule has 0 spiro atoms. The SMILES string of the molecule is CSc1cccc(NC(=O)Cc2cccc(N)c2)c1. The van der Waals surface area contributed by atoms with Crippen LogP contribution in [0.25, 0.3) is 0 Å². The third-order valence-electron chi connectivity index (χ3n) is 2.67. The van der Waals surface area contributed by atoms with E-state index in [4.69, 9.17) is 5.73 Å². The minimum atomic E-state index is -0.0381. The van der Waals surface area contributed by atoms with E-state index in [0.717, 1.165) is 16.1 Å². The molecule has 0 aliphatic heterocycles. The van der Waals surface area contributed by atoms with Gasteiger partial charge in [-0.05, 0) is 42.2 Å². The normalized spacial score (nSPS) is 10.2. The van der Waals surface area contributed by atoms with Gasteiger partial charge >= 0.3 is 0 Å². The molecular formula is C15H16N2OS. The van der Waals surface area contributed by atoms with Crippen molar-refractivity contribution in [1.29, 1.82) is 0 Å². The Labute approximate surface area is 117 Å². The first-order valence-corrected chi connectivity index (χ1v) is 7.18. The van der Waals surface area contributed by atoms with Gasteiger partial charge in [0.1, 0.15) is 0 Å². The number of hydrogen-bond donors (Lipinski definition) is 2. The van der Waals surface area contributed by atoms with Crippen LogP contribution >= 0.6 is 11.8 Å². The molecule has 0 aliphatic carbocycles. The molecule has 0 saturated heterocycles. The fourth-order valence-corrected chi connectivity index (χ4v) is 2.25. The number of nitrogens with two attached hydrogens (primary N) is 1. The van der Waals surface area contributed by atoms with Crippen molar-refractivity contribution in [3.63, 3.8) is 0 Å². The first-order chi connectivity index (χ1) is 9.17. The number of anilines is 2. The van der Waals surface area contributed by atoms with Crippen molar-refractivity contribution < 1.29 is 4.79 Å². The van der Waals surface area contributed by atoms with Gasteiger partial charge in [-0.1, -0.05) is 18.2 Å². The molecule has 0 unspecified atom stereocenters. The highest BCUT2D eigenvalue weighted by Gasteiger charge is 2.04. The van der Waals surface area contributed by atoms with E-state index in [0.29, 0.717) is 12.1 Å². The van der Waals surface area contributed by atoms with Gasteiger partial charge < -0.3 is 11.1 Å². The minimum absolute atomic E-state index is 0.0381. The molecule has 2 aromatic rings. The van der Waals surface area contributed by atoms with Crippen LogP contribution in [0.1, 0.15) is 5.56 Å². The summed E-state index contributed by atoms with van der Waals surface area (Å²) in [4.78, 5) is 13.1. The number of nitrogen functional groups attached to an aromatic ring is 1. The molecule has 0 aromatic heterocycles. The minimum Gasteiger partial charge on any atom is -0.399 e. The van der Waals surface area contributed by atoms with Gasteiger partial charge in [-0.3, -0.25) is 4.79 Å². The van der Waals surface area contributed by atoms with E-state index in [1.54, 1.807) is 11.8 Å². The molecule has 1 amide bonds. The summed E-state index contributed by atoms with van der Waals surface area (Å²) in [7, 11) is 0. The van der Waals surface area contributed by atoms with Crippen LogP contribution in [0.2, 0.25) is 0 Å². The average Bonchev–Trinajstić information content (AvgIpc) is 2.38. The Morgan fingerprint density at radius 3 is 2.74 bits per heavy atom. The topological polar surface area (TPSA) is 55.1 Å². The van der Waals surface area contributed by atoms with Crippen LogP contribution in [0.4, 0.5) is 11.4 Å². The van der Waals surface area contributed by atoms with Crippen molar-refractivity contribution >= 4 is 29.0 Å².